The molecule has 70 valence electrons. The van der Waals surface area contributed by atoms with Crippen molar-refractivity contribution in [3.05, 3.63) is 27.7 Å². The number of hydrogen-bond donors (Lipinski definition) is 1. The first-order chi connectivity index (χ1) is 5.95. The SMILES string of the molecule is CC(C)(C)c1cc(C=O)c(=O)[nH]n1. The van der Waals surface area contributed by atoms with E-state index in [4.69, 9.17) is 0 Å². The zero-order chi connectivity index (χ0) is 10.1. The molecule has 0 unspecified atom stereocenters. The Balaban J connectivity index is 3.30. The van der Waals surface area contributed by atoms with Crippen molar-refractivity contribution in [1.29, 1.82) is 0 Å². The van der Waals surface area contributed by atoms with Crippen LogP contribution in [-0.4, -0.2) is 16.5 Å². The van der Waals surface area contributed by atoms with Crippen molar-refractivity contribution in [3.63, 3.8) is 0 Å². The van der Waals surface area contributed by atoms with E-state index in [-0.39, 0.29) is 11.0 Å². The summed E-state index contributed by atoms with van der Waals surface area (Å²) in [4.78, 5) is 21.4. The van der Waals surface area contributed by atoms with Crippen LogP contribution >= 0.6 is 0 Å². The second-order valence-electron chi connectivity index (χ2n) is 3.91. The van der Waals surface area contributed by atoms with Crippen LogP contribution in [0.3, 0.4) is 0 Å². The molecule has 1 aromatic heterocycles. The van der Waals surface area contributed by atoms with E-state index in [9.17, 15) is 9.59 Å². The van der Waals surface area contributed by atoms with Gasteiger partial charge in [-0.3, -0.25) is 9.59 Å². The lowest BCUT2D eigenvalue weighted by molar-refractivity contribution is 0.112. The molecule has 0 aliphatic carbocycles. The molecule has 0 saturated heterocycles. The predicted octanol–water partition coefficient (Wildman–Crippen LogP) is 0.880. The van der Waals surface area contributed by atoms with E-state index in [1.54, 1.807) is 0 Å². The maximum absolute atomic E-state index is 11.0. The van der Waals surface area contributed by atoms with Gasteiger partial charge in [-0.2, -0.15) is 5.10 Å². The van der Waals surface area contributed by atoms with Gasteiger partial charge in [-0.05, 0) is 6.07 Å². The highest BCUT2D eigenvalue weighted by Gasteiger charge is 2.16. The van der Waals surface area contributed by atoms with E-state index in [0.717, 1.165) is 0 Å². The summed E-state index contributed by atoms with van der Waals surface area (Å²) < 4.78 is 0. The summed E-state index contributed by atoms with van der Waals surface area (Å²) in [7, 11) is 0. The average Bonchev–Trinajstić information content (AvgIpc) is 2.03. The van der Waals surface area contributed by atoms with Gasteiger partial charge in [0.05, 0.1) is 11.3 Å². The van der Waals surface area contributed by atoms with Crippen LogP contribution in [0.15, 0.2) is 10.9 Å². The van der Waals surface area contributed by atoms with Gasteiger partial charge in [0, 0.05) is 5.41 Å². The van der Waals surface area contributed by atoms with Crippen LogP contribution in [0.2, 0.25) is 0 Å². The standard InChI is InChI=1S/C9H12N2O2/c1-9(2,3)7-4-6(5-12)8(13)11-10-7/h4-5H,1-3H3,(H,11,13). The van der Waals surface area contributed by atoms with Crippen molar-refractivity contribution in [1.82, 2.24) is 10.2 Å². The molecule has 4 nitrogen and oxygen atoms in total. The Morgan fingerprint density at radius 2 is 2.08 bits per heavy atom. The molecule has 0 aromatic carbocycles. The van der Waals surface area contributed by atoms with Crippen LogP contribution in [-0.2, 0) is 5.41 Å². The number of nitrogens with zero attached hydrogens (tertiary/aromatic N) is 1. The van der Waals surface area contributed by atoms with Gasteiger partial charge in [-0.15, -0.1) is 0 Å². The minimum absolute atomic E-state index is 0.125. The van der Waals surface area contributed by atoms with Crippen LogP contribution in [0.1, 0.15) is 36.8 Å². The molecule has 1 rings (SSSR count). The van der Waals surface area contributed by atoms with E-state index in [0.29, 0.717) is 12.0 Å². The van der Waals surface area contributed by atoms with Gasteiger partial charge in [0.2, 0.25) is 0 Å². The number of carbonyl (C=O) groups excluding carboxylic acids is 1. The normalized spacial score (nSPS) is 11.3. The molecule has 0 amide bonds. The second-order valence-corrected chi connectivity index (χ2v) is 3.91. The van der Waals surface area contributed by atoms with Gasteiger partial charge in [-0.1, -0.05) is 20.8 Å². The van der Waals surface area contributed by atoms with Crippen LogP contribution in [0, 0.1) is 0 Å². The number of nitrogens with one attached hydrogen (secondary N) is 1. The molecule has 1 N–H and O–H groups in total. The number of H-pyrrole nitrogens is 1. The number of rotatable bonds is 1. The number of aromatic nitrogens is 2. The molecule has 0 aliphatic heterocycles. The van der Waals surface area contributed by atoms with Crippen molar-refractivity contribution in [2.75, 3.05) is 0 Å². The van der Waals surface area contributed by atoms with Crippen molar-refractivity contribution in [3.8, 4) is 0 Å². The molecule has 0 atom stereocenters. The Morgan fingerprint density at radius 3 is 2.54 bits per heavy atom. The fourth-order valence-electron chi connectivity index (χ4n) is 0.892. The molecule has 1 aromatic rings. The summed E-state index contributed by atoms with van der Waals surface area (Å²) in [6.07, 6.45) is 0.537. The molecule has 0 aliphatic rings. The summed E-state index contributed by atoms with van der Waals surface area (Å²) in [5.41, 5.74) is 0.222. The number of aromatic amines is 1. The Morgan fingerprint density at radius 1 is 1.46 bits per heavy atom. The monoisotopic (exact) mass is 180 g/mol. The fraction of sp³-hybridized carbons (Fsp3) is 0.444. The van der Waals surface area contributed by atoms with Gasteiger partial charge < -0.3 is 0 Å². The smallest absolute Gasteiger partial charge is 0.274 e. The molecule has 1 heterocycles. The molecule has 13 heavy (non-hydrogen) atoms. The first-order valence-electron chi connectivity index (χ1n) is 4.00. The molecule has 0 radical (unpaired) electrons. The third-order valence-corrected chi connectivity index (χ3v) is 1.73. The Kier molecular flexibility index (Phi) is 2.32. The molecule has 0 saturated carbocycles. The third-order valence-electron chi connectivity index (χ3n) is 1.73. The lowest BCUT2D eigenvalue weighted by Gasteiger charge is -2.16. The van der Waals surface area contributed by atoms with Crippen molar-refractivity contribution >= 4 is 6.29 Å². The maximum Gasteiger partial charge on any atom is 0.274 e. The van der Waals surface area contributed by atoms with Crippen molar-refractivity contribution in [2.24, 2.45) is 0 Å². The van der Waals surface area contributed by atoms with E-state index in [1.165, 1.54) is 6.07 Å². The van der Waals surface area contributed by atoms with Crippen LogP contribution in [0.4, 0.5) is 0 Å². The first-order valence-corrected chi connectivity index (χ1v) is 4.00. The average molecular weight is 180 g/mol. The molecule has 0 bridgehead atoms. The summed E-state index contributed by atoms with van der Waals surface area (Å²) in [6.45, 7) is 5.88. The third kappa shape index (κ3) is 2.02. The zero-order valence-corrected chi connectivity index (χ0v) is 7.92. The van der Waals surface area contributed by atoms with Crippen LogP contribution in [0.25, 0.3) is 0 Å². The summed E-state index contributed by atoms with van der Waals surface area (Å²) in [6, 6.07) is 1.52. The van der Waals surface area contributed by atoms with Gasteiger partial charge >= 0.3 is 0 Å². The lowest BCUT2D eigenvalue weighted by Crippen LogP contribution is -2.21. The number of carbonyl (C=O) groups is 1. The van der Waals surface area contributed by atoms with E-state index >= 15 is 0 Å². The largest absolute Gasteiger partial charge is 0.298 e. The Hall–Kier alpha value is -1.45. The zero-order valence-electron chi connectivity index (χ0n) is 7.92. The van der Waals surface area contributed by atoms with Gasteiger partial charge in [0.1, 0.15) is 0 Å². The summed E-state index contributed by atoms with van der Waals surface area (Å²) >= 11 is 0. The summed E-state index contributed by atoms with van der Waals surface area (Å²) in [5, 5.41) is 6.15. The highest BCUT2D eigenvalue weighted by molar-refractivity contribution is 5.74. The lowest BCUT2D eigenvalue weighted by atomic mass is 9.91. The predicted molar refractivity (Wildman–Crippen MR) is 48.9 cm³/mol. The Bertz CT molecular complexity index is 374. The molecular formula is C9H12N2O2. The van der Waals surface area contributed by atoms with Crippen molar-refractivity contribution in [2.45, 2.75) is 26.2 Å². The van der Waals surface area contributed by atoms with E-state index in [1.807, 2.05) is 20.8 Å². The first kappa shape index (κ1) is 9.64. The van der Waals surface area contributed by atoms with Gasteiger partial charge in [-0.25, -0.2) is 5.10 Å². The molecule has 4 heteroatoms. The minimum Gasteiger partial charge on any atom is -0.298 e. The maximum atomic E-state index is 11.0. The minimum atomic E-state index is -0.442. The topological polar surface area (TPSA) is 62.8 Å². The fourth-order valence-corrected chi connectivity index (χ4v) is 0.892. The highest BCUT2D eigenvalue weighted by atomic mass is 16.1. The van der Waals surface area contributed by atoms with Gasteiger partial charge in [0.25, 0.3) is 5.56 Å². The molecule has 0 fully saturated rings. The number of hydrogen-bond acceptors (Lipinski definition) is 3. The van der Waals surface area contributed by atoms with Gasteiger partial charge in [0.15, 0.2) is 6.29 Å². The quantitative estimate of drug-likeness (QED) is 0.652. The van der Waals surface area contributed by atoms with Crippen LogP contribution < -0.4 is 5.56 Å². The molecular weight excluding hydrogens is 168 g/mol. The number of aldehydes is 1. The Labute approximate surface area is 76.0 Å². The van der Waals surface area contributed by atoms with Crippen LogP contribution in [0.5, 0.6) is 0 Å². The summed E-state index contributed by atoms with van der Waals surface area (Å²) in [5.74, 6) is 0. The van der Waals surface area contributed by atoms with Crippen molar-refractivity contribution < 1.29 is 4.79 Å². The second kappa shape index (κ2) is 3.12. The van der Waals surface area contributed by atoms with E-state index < -0.39 is 5.56 Å². The molecule has 0 spiro atoms. The van der Waals surface area contributed by atoms with E-state index in [2.05, 4.69) is 10.2 Å². The highest BCUT2D eigenvalue weighted by Crippen LogP contribution is 2.18.